The number of benzene rings is 1. The van der Waals surface area contributed by atoms with Gasteiger partial charge in [-0.3, -0.25) is 4.79 Å². The lowest BCUT2D eigenvalue weighted by Crippen LogP contribution is -2.14. The molecule has 2 nitrogen and oxygen atoms in total. The van der Waals surface area contributed by atoms with E-state index in [-0.39, 0.29) is 11.8 Å². The van der Waals surface area contributed by atoms with Crippen LogP contribution in [-0.2, 0) is 4.79 Å². The first kappa shape index (κ1) is 12.7. The average Bonchev–Trinajstić information content (AvgIpc) is 2.73. The van der Waals surface area contributed by atoms with Crippen LogP contribution in [0, 0.1) is 12.8 Å². The summed E-state index contributed by atoms with van der Waals surface area (Å²) in [5, 5.41) is 3.02. The zero-order valence-electron chi connectivity index (χ0n) is 11.7. The molecule has 1 aliphatic heterocycles. The topological polar surface area (TPSA) is 29.1 Å². The molecule has 1 fully saturated rings. The quantitative estimate of drug-likeness (QED) is 0.854. The second-order valence-electron chi connectivity index (χ2n) is 6.21. The summed E-state index contributed by atoms with van der Waals surface area (Å²) in [5.41, 5.74) is 3.50. The number of carbonyl (C=O) groups is 1. The van der Waals surface area contributed by atoms with Crippen molar-refractivity contribution < 1.29 is 4.79 Å². The average molecular weight is 257 g/mol. The Balaban J connectivity index is 1.67. The number of amides is 1. The molecule has 1 aromatic carbocycles. The second-order valence-corrected chi connectivity index (χ2v) is 6.21. The van der Waals surface area contributed by atoms with Crippen molar-refractivity contribution in [2.45, 2.75) is 57.8 Å². The number of fused-ring (bicyclic) bond motifs is 1. The number of anilines is 1. The first-order chi connectivity index (χ1) is 9.24. The van der Waals surface area contributed by atoms with E-state index in [9.17, 15) is 4.79 Å². The first-order valence-electron chi connectivity index (χ1n) is 7.65. The van der Waals surface area contributed by atoms with Gasteiger partial charge in [-0.25, -0.2) is 0 Å². The molecule has 0 bridgehead atoms. The summed E-state index contributed by atoms with van der Waals surface area (Å²) in [7, 11) is 0. The highest BCUT2D eigenvalue weighted by atomic mass is 16.2. The van der Waals surface area contributed by atoms with Crippen LogP contribution < -0.4 is 5.32 Å². The normalized spacial score (nSPS) is 23.2. The summed E-state index contributed by atoms with van der Waals surface area (Å²) in [6, 6.07) is 6.30. The molecule has 19 heavy (non-hydrogen) atoms. The Morgan fingerprint density at radius 1 is 1.16 bits per heavy atom. The molecule has 1 N–H and O–H groups in total. The molecular weight excluding hydrogens is 234 g/mol. The van der Waals surface area contributed by atoms with Crippen molar-refractivity contribution in [2.24, 2.45) is 5.92 Å². The maximum Gasteiger partial charge on any atom is 0.232 e. The van der Waals surface area contributed by atoms with Crippen LogP contribution in [0.1, 0.15) is 62.0 Å². The van der Waals surface area contributed by atoms with Gasteiger partial charge >= 0.3 is 0 Å². The fraction of sp³-hybridized carbons (Fsp3) is 0.588. The van der Waals surface area contributed by atoms with Gasteiger partial charge in [-0.15, -0.1) is 0 Å². The van der Waals surface area contributed by atoms with E-state index in [1.165, 1.54) is 49.7 Å². The van der Waals surface area contributed by atoms with Gasteiger partial charge in [-0.1, -0.05) is 49.8 Å². The number of aryl methyl sites for hydroxylation is 1. The van der Waals surface area contributed by atoms with Gasteiger partial charge in [-0.05, 0) is 37.3 Å². The molecule has 1 atom stereocenters. The van der Waals surface area contributed by atoms with Crippen molar-refractivity contribution in [2.75, 3.05) is 5.32 Å². The van der Waals surface area contributed by atoms with Crippen LogP contribution in [-0.4, -0.2) is 5.91 Å². The lowest BCUT2D eigenvalue weighted by atomic mass is 9.83. The van der Waals surface area contributed by atoms with Crippen LogP contribution in [0.25, 0.3) is 0 Å². The third-order valence-corrected chi connectivity index (χ3v) is 4.75. The fourth-order valence-corrected chi connectivity index (χ4v) is 3.61. The Labute approximate surface area is 115 Å². The van der Waals surface area contributed by atoms with Gasteiger partial charge in [0.2, 0.25) is 5.91 Å². The van der Waals surface area contributed by atoms with E-state index < -0.39 is 0 Å². The van der Waals surface area contributed by atoms with Gasteiger partial charge in [-0.2, -0.15) is 0 Å². The highest BCUT2D eigenvalue weighted by molar-refractivity contribution is 6.02. The molecule has 1 saturated carbocycles. The Kier molecular flexibility index (Phi) is 3.58. The second kappa shape index (κ2) is 5.36. The van der Waals surface area contributed by atoms with Crippen LogP contribution >= 0.6 is 0 Å². The standard InChI is InChI=1S/C17H23NO/c1-12-7-10-16-15(11-12)14(17(19)18-16)9-8-13-5-3-2-4-6-13/h7,10-11,13-14H,2-6,8-9H2,1H3,(H,18,19). The number of hydrogen-bond donors (Lipinski definition) is 1. The minimum atomic E-state index is 0.0943. The minimum absolute atomic E-state index is 0.0943. The molecule has 0 radical (unpaired) electrons. The maximum absolute atomic E-state index is 12.1. The Morgan fingerprint density at radius 2 is 1.95 bits per heavy atom. The van der Waals surface area contributed by atoms with Crippen LogP contribution in [0.5, 0.6) is 0 Å². The Hall–Kier alpha value is -1.31. The smallest absolute Gasteiger partial charge is 0.232 e. The molecule has 1 aliphatic carbocycles. The summed E-state index contributed by atoms with van der Waals surface area (Å²) in [4.78, 5) is 12.1. The van der Waals surface area contributed by atoms with E-state index in [4.69, 9.17) is 0 Å². The van der Waals surface area contributed by atoms with Gasteiger partial charge < -0.3 is 5.32 Å². The molecular formula is C17H23NO. The van der Waals surface area contributed by atoms with Crippen molar-refractivity contribution in [3.05, 3.63) is 29.3 Å². The van der Waals surface area contributed by atoms with Crippen LogP contribution in [0.2, 0.25) is 0 Å². The van der Waals surface area contributed by atoms with Crippen molar-refractivity contribution in [3.63, 3.8) is 0 Å². The Morgan fingerprint density at radius 3 is 2.74 bits per heavy atom. The molecule has 0 spiro atoms. The van der Waals surface area contributed by atoms with Crippen LogP contribution in [0.3, 0.4) is 0 Å². The Bertz CT molecular complexity index is 474. The molecule has 2 aliphatic rings. The van der Waals surface area contributed by atoms with Crippen molar-refractivity contribution in [1.82, 2.24) is 0 Å². The zero-order chi connectivity index (χ0) is 13.2. The monoisotopic (exact) mass is 257 g/mol. The number of rotatable bonds is 3. The van der Waals surface area contributed by atoms with Crippen molar-refractivity contribution in [3.8, 4) is 0 Å². The number of nitrogens with one attached hydrogen (secondary N) is 1. The summed E-state index contributed by atoms with van der Waals surface area (Å²) < 4.78 is 0. The summed E-state index contributed by atoms with van der Waals surface area (Å²) in [5.74, 6) is 1.16. The predicted octanol–water partition coefficient (Wildman–Crippen LogP) is 4.39. The highest BCUT2D eigenvalue weighted by Gasteiger charge is 2.30. The third-order valence-electron chi connectivity index (χ3n) is 4.75. The predicted molar refractivity (Wildman–Crippen MR) is 78.4 cm³/mol. The van der Waals surface area contributed by atoms with Gasteiger partial charge in [0.15, 0.2) is 0 Å². The van der Waals surface area contributed by atoms with E-state index in [0.717, 1.165) is 18.0 Å². The maximum atomic E-state index is 12.1. The van der Waals surface area contributed by atoms with Crippen LogP contribution in [0.15, 0.2) is 18.2 Å². The van der Waals surface area contributed by atoms with E-state index in [0.29, 0.717) is 0 Å². The SMILES string of the molecule is Cc1ccc2c(c1)C(CCC1CCCCC1)C(=O)N2. The molecule has 1 amide bonds. The van der Waals surface area contributed by atoms with Gasteiger partial charge in [0.05, 0.1) is 5.92 Å². The highest BCUT2D eigenvalue weighted by Crippen LogP contribution is 2.38. The number of hydrogen-bond acceptors (Lipinski definition) is 1. The third kappa shape index (κ3) is 2.68. The minimum Gasteiger partial charge on any atom is -0.325 e. The summed E-state index contributed by atoms with van der Waals surface area (Å²) >= 11 is 0. The molecule has 0 aromatic heterocycles. The molecule has 0 saturated heterocycles. The summed E-state index contributed by atoms with van der Waals surface area (Å²) in [6.07, 6.45) is 9.15. The van der Waals surface area contributed by atoms with Crippen LogP contribution in [0.4, 0.5) is 5.69 Å². The first-order valence-corrected chi connectivity index (χ1v) is 7.65. The molecule has 102 valence electrons. The lowest BCUT2D eigenvalue weighted by molar-refractivity contribution is -0.117. The largest absolute Gasteiger partial charge is 0.325 e. The molecule has 1 unspecified atom stereocenters. The molecule has 1 heterocycles. The fourth-order valence-electron chi connectivity index (χ4n) is 3.61. The van der Waals surface area contributed by atoms with Crippen molar-refractivity contribution in [1.29, 1.82) is 0 Å². The van der Waals surface area contributed by atoms with E-state index in [1.54, 1.807) is 0 Å². The number of carbonyl (C=O) groups excluding carboxylic acids is 1. The van der Waals surface area contributed by atoms with Crippen molar-refractivity contribution >= 4 is 11.6 Å². The molecule has 2 heteroatoms. The lowest BCUT2D eigenvalue weighted by Gasteiger charge is -2.22. The zero-order valence-corrected chi connectivity index (χ0v) is 11.7. The van der Waals surface area contributed by atoms with Gasteiger partial charge in [0.1, 0.15) is 0 Å². The molecule has 1 aromatic rings. The van der Waals surface area contributed by atoms with E-state index >= 15 is 0 Å². The summed E-state index contributed by atoms with van der Waals surface area (Å²) in [6.45, 7) is 2.10. The molecule has 3 rings (SSSR count). The van der Waals surface area contributed by atoms with E-state index in [1.807, 2.05) is 6.07 Å². The van der Waals surface area contributed by atoms with Gasteiger partial charge in [0.25, 0.3) is 0 Å². The van der Waals surface area contributed by atoms with Gasteiger partial charge in [0, 0.05) is 5.69 Å². The van der Waals surface area contributed by atoms with E-state index in [2.05, 4.69) is 24.4 Å².